The summed E-state index contributed by atoms with van der Waals surface area (Å²) >= 11 is 1.48. The van der Waals surface area contributed by atoms with Crippen LogP contribution >= 0.6 is 11.3 Å². The average Bonchev–Trinajstić information content (AvgIpc) is 2.93. The van der Waals surface area contributed by atoms with Crippen LogP contribution in [0.4, 0.5) is 10.8 Å². The summed E-state index contributed by atoms with van der Waals surface area (Å²) < 4.78 is 0. The smallest absolute Gasteiger partial charge is 0.257 e. The molecule has 0 bridgehead atoms. The Morgan fingerprint density at radius 1 is 1.27 bits per heavy atom. The summed E-state index contributed by atoms with van der Waals surface area (Å²) in [4.78, 5) is 19.8. The number of carbonyl (C=O) groups excluding carboxylic acids is 1. The minimum Gasteiger partial charge on any atom is -0.372 e. The predicted molar refractivity (Wildman–Crippen MR) is 94.0 cm³/mol. The maximum Gasteiger partial charge on any atom is 0.257 e. The first-order valence-electron chi connectivity index (χ1n) is 7.72. The van der Waals surface area contributed by atoms with E-state index in [1.807, 2.05) is 31.2 Å². The second kappa shape index (κ2) is 7.94. The number of hydrogen-bond acceptors (Lipinski definition) is 4. The number of amides is 1. The highest BCUT2D eigenvalue weighted by Gasteiger charge is 2.09. The van der Waals surface area contributed by atoms with E-state index in [1.165, 1.54) is 24.2 Å². The molecule has 1 N–H and O–H groups in total. The number of anilines is 2. The fourth-order valence-corrected chi connectivity index (χ4v) is 2.88. The number of unbranched alkanes of at least 4 members (excludes halogenated alkanes) is 1. The van der Waals surface area contributed by atoms with Gasteiger partial charge in [0.1, 0.15) is 0 Å². The van der Waals surface area contributed by atoms with Gasteiger partial charge in [-0.3, -0.25) is 10.1 Å². The first-order valence-corrected chi connectivity index (χ1v) is 8.54. The third-order valence-corrected chi connectivity index (χ3v) is 4.33. The van der Waals surface area contributed by atoms with E-state index >= 15 is 0 Å². The highest BCUT2D eigenvalue weighted by atomic mass is 32.1. The minimum atomic E-state index is -0.113. The summed E-state index contributed by atoms with van der Waals surface area (Å²) in [6, 6.07) is 7.78. The fourth-order valence-electron chi connectivity index (χ4n) is 2.22. The third kappa shape index (κ3) is 4.31. The van der Waals surface area contributed by atoms with E-state index < -0.39 is 0 Å². The number of aromatic nitrogens is 1. The maximum atomic E-state index is 12.2. The molecule has 2 rings (SSSR count). The number of thiazole rings is 1. The van der Waals surface area contributed by atoms with Gasteiger partial charge < -0.3 is 4.90 Å². The highest BCUT2D eigenvalue weighted by molar-refractivity contribution is 7.15. The van der Waals surface area contributed by atoms with Gasteiger partial charge in [0.25, 0.3) is 5.91 Å². The Balaban J connectivity index is 2.02. The van der Waals surface area contributed by atoms with Crippen molar-refractivity contribution in [2.45, 2.75) is 33.6 Å². The molecule has 0 aliphatic heterocycles. The van der Waals surface area contributed by atoms with Gasteiger partial charge in [-0.15, -0.1) is 11.3 Å². The zero-order valence-electron chi connectivity index (χ0n) is 13.4. The Morgan fingerprint density at radius 2 is 2.00 bits per heavy atom. The van der Waals surface area contributed by atoms with Crippen LogP contribution in [0.5, 0.6) is 0 Å². The summed E-state index contributed by atoms with van der Waals surface area (Å²) in [6.07, 6.45) is 4.12. The van der Waals surface area contributed by atoms with Crippen LogP contribution in [0, 0.1) is 6.92 Å². The Hall–Kier alpha value is -1.88. The molecule has 0 unspecified atom stereocenters. The molecule has 0 spiro atoms. The molecule has 118 valence electrons. The van der Waals surface area contributed by atoms with Gasteiger partial charge in [0, 0.05) is 35.4 Å². The maximum absolute atomic E-state index is 12.2. The van der Waals surface area contributed by atoms with E-state index in [0.717, 1.165) is 23.7 Å². The lowest BCUT2D eigenvalue weighted by Gasteiger charge is -2.23. The summed E-state index contributed by atoms with van der Waals surface area (Å²) in [5.74, 6) is -0.113. The molecule has 22 heavy (non-hydrogen) atoms. The Bertz CT molecular complexity index is 607. The molecule has 2 aromatic rings. The zero-order valence-corrected chi connectivity index (χ0v) is 14.2. The van der Waals surface area contributed by atoms with Crippen LogP contribution in [0.1, 0.15) is 41.9 Å². The molecule has 0 fully saturated rings. The molecular formula is C17H23N3OS. The molecule has 5 heteroatoms. The van der Waals surface area contributed by atoms with E-state index in [2.05, 4.69) is 29.0 Å². The van der Waals surface area contributed by atoms with Gasteiger partial charge in [0.15, 0.2) is 5.13 Å². The van der Waals surface area contributed by atoms with Crippen molar-refractivity contribution >= 4 is 28.1 Å². The standard InChI is InChI=1S/C17H23N3OS/c1-4-6-11-20(5-2)15-9-7-14(8-10-15)16(21)19-17-18-12-13(3)22-17/h7-10,12H,4-6,11H2,1-3H3,(H,18,19,21). The summed E-state index contributed by atoms with van der Waals surface area (Å²) in [5.41, 5.74) is 1.82. The minimum absolute atomic E-state index is 0.113. The summed E-state index contributed by atoms with van der Waals surface area (Å²) in [7, 11) is 0. The van der Waals surface area contributed by atoms with Crippen molar-refractivity contribution in [1.29, 1.82) is 0 Å². The average molecular weight is 317 g/mol. The van der Waals surface area contributed by atoms with Gasteiger partial charge in [-0.25, -0.2) is 4.98 Å². The van der Waals surface area contributed by atoms with Crippen LogP contribution in [0.2, 0.25) is 0 Å². The SMILES string of the molecule is CCCCN(CC)c1ccc(C(=O)Nc2ncc(C)s2)cc1. The second-order valence-electron chi connectivity index (χ2n) is 5.21. The zero-order chi connectivity index (χ0) is 15.9. The molecule has 4 nitrogen and oxygen atoms in total. The Labute approximate surface area is 136 Å². The monoisotopic (exact) mass is 317 g/mol. The molecule has 1 amide bonds. The van der Waals surface area contributed by atoms with Crippen molar-refractivity contribution in [3.8, 4) is 0 Å². The number of nitrogens with one attached hydrogen (secondary N) is 1. The lowest BCUT2D eigenvalue weighted by Crippen LogP contribution is -2.23. The topological polar surface area (TPSA) is 45.2 Å². The molecule has 1 aromatic carbocycles. The predicted octanol–water partition coefficient (Wildman–Crippen LogP) is 4.33. The molecule has 0 atom stereocenters. The molecule has 0 saturated carbocycles. The van der Waals surface area contributed by atoms with Crippen LogP contribution < -0.4 is 10.2 Å². The number of rotatable bonds is 7. The number of carbonyl (C=O) groups is 1. The van der Waals surface area contributed by atoms with Crippen molar-refractivity contribution in [2.24, 2.45) is 0 Å². The molecular weight excluding hydrogens is 294 g/mol. The van der Waals surface area contributed by atoms with Crippen LogP contribution in [0.3, 0.4) is 0 Å². The number of nitrogens with zero attached hydrogens (tertiary/aromatic N) is 2. The van der Waals surface area contributed by atoms with Crippen LogP contribution in [0.25, 0.3) is 0 Å². The van der Waals surface area contributed by atoms with Crippen molar-refractivity contribution in [2.75, 3.05) is 23.3 Å². The van der Waals surface area contributed by atoms with Gasteiger partial charge in [0.05, 0.1) is 0 Å². The van der Waals surface area contributed by atoms with Gasteiger partial charge >= 0.3 is 0 Å². The molecule has 0 radical (unpaired) electrons. The van der Waals surface area contributed by atoms with Crippen molar-refractivity contribution < 1.29 is 4.79 Å². The summed E-state index contributed by atoms with van der Waals surface area (Å²) in [6.45, 7) is 8.35. The molecule has 0 aliphatic rings. The highest BCUT2D eigenvalue weighted by Crippen LogP contribution is 2.19. The normalized spacial score (nSPS) is 10.5. The number of hydrogen-bond donors (Lipinski definition) is 1. The Morgan fingerprint density at radius 3 is 2.55 bits per heavy atom. The van der Waals surface area contributed by atoms with E-state index in [9.17, 15) is 4.79 Å². The van der Waals surface area contributed by atoms with Gasteiger partial charge in [0.2, 0.25) is 0 Å². The second-order valence-corrected chi connectivity index (χ2v) is 6.45. The number of benzene rings is 1. The van der Waals surface area contributed by atoms with Crippen molar-refractivity contribution in [1.82, 2.24) is 4.98 Å². The summed E-state index contributed by atoms with van der Waals surface area (Å²) in [5, 5.41) is 3.47. The fraction of sp³-hybridized carbons (Fsp3) is 0.412. The van der Waals surface area contributed by atoms with Crippen LogP contribution in [0.15, 0.2) is 30.5 Å². The van der Waals surface area contributed by atoms with Crippen molar-refractivity contribution in [3.05, 3.63) is 40.9 Å². The lowest BCUT2D eigenvalue weighted by atomic mass is 10.1. The van der Waals surface area contributed by atoms with E-state index in [0.29, 0.717) is 10.7 Å². The quantitative estimate of drug-likeness (QED) is 0.826. The van der Waals surface area contributed by atoms with E-state index in [4.69, 9.17) is 0 Å². The van der Waals surface area contributed by atoms with E-state index in [-0.39, 0.29) is 5.91 Å². The molecule has 0 saturated heterocycles. The third-order valence-electron chi connectivity index (χ3n) is 3.50. The Kier molecular flexibility index (Phi) is 5.95. The van der Waals surface area contributed by atoms with Gasteiger partial charge in [-0.05, 0) is 44.5 Å². The van der Waals surface area contributed by atoms with Crippen LogP contribution in [-0.2, 0) is 0 Å². The lowest BCUT2D eigenvalue weighted by molar-refractivity contribution is 0.102. The van der Waals surface area contributed by atoms with Gasteiger partial charge in [-0.2, -0.15) is 0 Å². The molecule has 0 aliphatic carbocycles. The van der Waals surface area contributed by atoms with Gasteiger partial charge in [-0.1, -0.05) is 13.3 Å². The molecule has 1 aromatic heterocycles. The first kappa shape index (κ1) is 16.5. The van der Waals surface area contributed by atoms with Crippen LogP contribution in [-0.4, -0.2) is 24.0 Å². The largest absolute Gasteiger partial charge is 0.372 e. The first-order chi connectivity index (χ1) is 10.6. The number of aryl methyl sites for hydroxylation is 1. The van der Waals surface area contributed by atoms with E-state index in [1.54, 1.807) is 6.20 Å². The van der Waals surface area contributed by atoms with Crippen molar-refractivity contribution in [3.63, 3.8) is 0 Å². The molecule has 1 heterocycles.